The molecule has 0 fully saturated rings. The number of nitrogens with one attached hydrogen (secondary N) is 4. The van der Waals surface area contributed by atoms with Crippen molar-refractivity contribution >= 4 is 40.0 Å². The third-order valence-corrected chi connectivity index (χ3v) is 6.78. The van der Waals surface area contributed by atoms with Crippen LogP contribution in [0.25, 0.3) is 10.9 Å². The van der Waals surface area contributed by atoms with Gasteiger partial charge in [0.1, 0.15) is 11.4 Å². The fourth-order valence-electron chi connectivity index (χ4n) is 4.80. The smallest absolute Gasteiger partial charge is 0.256 e. The molecule has 38 heavy (non-hydrogen) atoms. The third-order valence-electron chi connectivity index (χ3n) is 6.78. The fourth-order valence-corrected chi connectivity index (χ4v) is 4.80. The van der Waals surface area contributed by atoms with Crippen molar-refractivity contribution in [1.82, 2.24) is 30.2 Å². The van der Waals surface area contributed by atoms with Crippen LogP contribution in [0.5, 0.6) is 0 Å². The van der Waals surface area contributed by atoms with E-state index in [0.717, 1.165) is 36.6 Å². The van der Waals surface area contributed by atoms with Gasteiger partial charge < -0.3 is 25.8 Å². The summed E-state index contributed by atoms with van der Waals surface area (Å²) in [5, 5.41) is 14.4. The number of hydrogen-bond donors (Lipinski definition) is 4. The average Bonchev–Trinajstić information content (AvgIpc) is 3.15. The Bertz CT molecular complexity index is 1500. The highest BCUT2D eigenvalue weighted by atomic mass is 16.1. The Morgan fingerprint density at radius 1 is 1.08 bits per heavy atom. The first kappa shape index (κ1) is 25.7. The lowest BCUT2D eigenvalue weighted by Gasteiger charge is -2.19. The molecule has 0 unspecified atom stereocenters. The molecule has 0 spiro atoms. The van der Waals surface area contributed by atoms with Crippen molar-refractivity contribution in [1.29, 1.82) is 0 Å². The number of rotatable bonds is 6. The van der Waals surface area contributed by atoms with E-state index in [4.69, 9.17) is 4.98 Å². The van der Waals surface area contributed by atoms with Crippen molar-refractivity contribution in [2.75, 3.05) is 17.2 Å². The van der Waals surface area contributed by atoms with Crippen molar-refractivity contribution in [3.05, 3.63) is 65.2 Å². The van der Waals surface area contributed by atoms with E-state index < -0.39 is 0 Å². The van der Waals surface area contributed by atoms with Gasteiger partial charge in [0.15, 0.2) is 0 Å². The Morgan fingerprint density at radius 2 is 1.87 bits per heavy atom. The minimum Gasteiger partial charge on any atom is -0.350 e. The number of amides is 1. The van der Waals surface area contributed by atoms with Crippen LogP contribution in [0.15, 0.2) is 42.7 Å². The Morgan fingerprint density at radius 3 is 2.63 bits per heavy atom. The van der Waals surface area contributed by atoms with Crippen LogP contribution in [0.4, 0.5) is 23.1 Å². The molecule has 0 radical (unpaired) electrons. The van der Waals surface area contributed by atoms with E-state index in [9.17, 15) is 4.79 Å². The Labute approximate surface area is 223 Å². The molecule has 0 saturated heterocycles. The number of benzene rings is 1. The summed E-state index contributed by atoms with van der Waals surface area (Å²) in [7, 11) is 2.11. The first-order chi connectivity index (χ1) is 18.1. The molecule has 4 aromatic rings. The summed E-state index contributed by atoms with van der Waals surface area (Å²) in [6, 6.07) is 10.2. The predicted octanol–water partition coefficient (Wildman–Crippen LogP) is 4.93. The maximum absolute atomic E-state index is 13.0. The van der Waals surface area contributed by atoms with Crippen LogP contribution in [0.2, 0.25) is 0 Å². The molecule has 9 nitrogen and oxygen atoms in total. The minimum absolute atomic E-state index is 0.0143. The Kier molecular flexibility index (Phi) is 6.79. The molecule has 1 aliphatic heterocycles. The van der Waals surface area contributed by atoms with E-state index in [2.05, 4.69) is 81.8 Å². The lowest BCUT2D eigenvalue weighted by Crippen LogP contribution is -2.31. The molecule has 198 valence electrons. The van der Waals surface area contributed by atoms with Crippen molar-refractivity contribution < 1.29 is 4.79 Å². The summed E-state index contributed by atoms with van der Waals surface area (Å²) in [5.41, 5.74) is 6.81. The number of hydrogen-bond acceptors (Lipinski definition) is 7. The van der Waals surface area contributed by atoms with E-state index in [0.29, 0.717) is 17.3 Å². The van der Waals surface area contributed by atoms with Gasteiger partial charge in [-0.25, -0.2) is 4.98 Å². The lowest BCUT2D eigenvalue weighted by atomic mass is 9.91. The number of pyridine rings is 1. The number of carbonyl (C=O) groups excluding carboxylic acids is 1. The first-order valence-corrected chi connectivity index (χ1v) is 13.1. The van der Waals surface area contributed by atoms with Crippen molar-refractivity contribution in [3.8, 4) is 0 Å². The summed E-state index contributed by atoms with van der Waals surface area (Å²) in [6.07, 6.45) is 4.36. The number of aromatic nitrogens is 4. The van der Waals surface area contributed by atoms with Crippen molar-refractivity contribution in [2.24, 2.45) is 7.05 Å². The van der Waals surface area contributed by atoms with Gasteiger partial charge in [-0.05, 0) is 56.6 Å². The van der Waals surface area contributed by atoms with E-state index in [-0.39, 0.29) is 17.4 Å². The van der Waals surface area contributed by atoms with Crippen molar-refractivity contribution in [3.63, 3.8) is 0 Å². The SMILES string of the molecule is CC(C)NC(=O)c1cnc(Nc2ccc3c4c(n(C)c3c2)CNCC4)nc1Nc1ccnc(C(C)(C)C)c1. The van der Waals surface area contributed by atoms with Crippen LogP contribution < -0.4 is 21.3 Å². The standard InChI is InChI=1S/C29H36N8O/c1-17(2)33-27(38)22-15-32-28(36-26(22)34-19-9-12-31-25(14-19)29(3,4)5)35-18-7-8-20-21-10-11-30-16-24(21)37(6)23(20)13-18/h7-9,12-15,17,30H,10-11,16H2,1-6H3,(H,33,38)(H2,31,32,34,35,36). The highest BCUT2D eigenvalue weighted by Crippen LogP contribution is 2.31. The van der Waals surface area contributed by atoms with Crippen LogP contribution in [-0.4, -0.2) is 38.0 Å². The zero-order chi connectivity index (χ0) is 27.0. The second-order valence-corrected chi connectivity index (χ2v) is 11.2. The van der Waals surface area contributed by atoms with Crippen LogP contribution in [0.1, 0.15) is 61.9 Å². The number of carbonyl (C=O) groups is 1. The van der Waals surface area contributed by atoms with E-state index in [1.54, 1.807) is 12.4 Å². The van der Waals surface area contributed by atoms with E-state index >= 15 is 0 Å². The van der Waals surface area contributed by atoms with Gasteiger partial charge in [0.2, 0.25) is 5.95 Å². The molecule has 1 amide bonds. The summed E-state index contributed by atoms with van der Waals surface area (Å²) in [4.78, 5) is 26.7. The summed E-state index contributed by atoms with van der Waals surface area (Å²) in [6.45, 7) is 12.1. The lowest BCUT2D eigenvalue weighted by molar-refractivity contribution is 0.0943. The molecular formula is C29H36N8O. The number of aryl methyl sites for hydroxylation is 1. The normalized spacial score (nSPS) is 13.4. The maximum Gasteiger partial charge on any atom is 0.256 e. The maximum atomic E-state index is 13.0. The van der Waals surface area contributed by atoms with Gasteiger partial charge in [0, 0.05) is 65.6 Å². The molecule has 0 saturated carbocycles. The third kappa shape index (κ3) is 5.19. The van der Waals surface area contributed by atoms with Gasteiger partial charge in [-0.3, -0.25) is 9.78 Å². The van der Waals surface area contributed by atoms with Crippen LogP contribution in [-0.2, 0) is 25.4 Å². The van der Waals surface area contributed by atoms with E-state index in [1.807, 2.05) is 26.0 Å². The average molecular weight is 513 g/mol. The largest absolute Gasteiger partial charge is 0.350 e. The highest BCUT2D eigenvalue weighted by molar-refractivity contribution is 5.99. The zero-order valence-corrected chi connectivity index (χ0v) is 22.9. The highest BCUT2D eigenvalue weighted by Gasteiger charge is 2.20. The van der Waals surface area contributed by atoms with Gasteiger partial charge in [-0.15, -0.1) is 0 Å². The number of nitrogens with zero attached hydrogens (tertiary/aromatic N) is 4. The molecule has 3 aromatic heterocycles. The summed E-state index contributed by atoms with van der Waals surface area (Å²) >= 11 is 0. The monoisotopic (exact) mass is 512 g/mol. The molecule has 1 aliphatic rings. The van der Waals surface area contributed by atoms with Gasteiger partial charge >= 0.3 is 0 Å². The van der Waals surface area contributed by atoms with E-state index in [1.165, 1.54) is 22.2 Å². The molecule has 4 heterocycles. The number of fused-ring (bicyclic) bond motifs is 3. The molecule has 0 atom stereocenters. The topological polar surface area (TPSA) is 109 Å². The van der Waals surface area contributed by atoms with Crippen LogP contribution in [0.3, 0.4) is 0 Å². The second-order valence-electron chi connectivity index (χ2n) is 11.2. The molecule has 0 aliphatic carbocycles. The Hall–Kier alpha value is -3.98. The molecule has 5 rings (SSSR count). The number of anilines is 4. The predicted molar refractivity (Wildman–Crippen MR) is 152 cm³/mol. The minimum atomic E-state index is -0.233. The first-order valence-electron chi connectivity index (χ1n) is 13.1. The molecule has 4 N–H and O–H groups in total. The summed E-state index contributed by atoms with van der Waals surface area (Å²) in [5.74, 6) is 0.593. The van der Waals surface area contributed by atoms with Crippen LogP contribution >= 0.6 is 0 Å². The van der Waals surface area contributed by atoms with Gasteiger partial charge in [-0.1, -0.05) is 26.8 Å². The fraction of sp³-hybridized carbons (Fsp3) is 0.379. The molecule has 1 aromatic carbocycles. The van der Waals surface area contributed by atoms with Crippen LogP contribution in [0, 0.1) is 0 Å². The van der Waals surface area contributed by atoms with Gasteiger partial charge in [-0.2, -0.15) is 4.98 Å². The quantitative estimate of drug-likeness (QED) is 0.290. The van der Waals surface area contributed by atoms with Gasteiger partial charge in [0.25, 0.3) is 5.91 Å². The summed E-state index contributed by atoms with van der Waals surface area (Å²) < 4.78 is 2.26. The second kappa shape index (κ2) is 10.1. The molecular weight excluding hydrogens is 476 g/mol. The molecule has 0 bridgehead atoms. The zero-order valence-electron chi connectivity index (χ0n) is 22.9. The van der Waals surface area contributed by atoms with Gasteiger partial charge in [0.05, 0.1) is 5.52 Å². The Balaban J connectivity index is 1.48. The van der Waals surface area contributed by atoms with Crippen molar-refractivity contribution in [2.45, 2.75) is 59.0 Å². The molecule has 9 heteroatoms.